The monoisotopic (exact) mass is 304 g/mol. The van der Waals surface area contributed by atoms with Crippen molar-refractivity contribution in [2.24, 2.45) is 0 Å². The Morgan fingerprint density at radius 1 is 1.27 bits per heavy atom. The topological polar surface area (TPSA) is 75.0 Å². The van der Waals surface area contributed by atoms with Crippen molar-refractivity contribution in [2.45, 2.75) is 24.5 Å². The summed E-state index contributed by atoms with van der Waals surface area (Å²) in [5, 5.41) is 0. The Labute approximate surface area is 127 Å². The third-order valence-electron chi connectivity index (χ3n) is 3.97. The number of carbonyl (C=O) groups is 2. The molecule has 2 unspecified atom stereocenters. The van der Waals surface area contributed by atoms with E-state index in [-0.39, 0.29) is 11.1 Å². The summed E-state index contributed by atoms with van der Waals surface area (Å²) in [6, 6.07) is 3.65. The highest BCUT2D eigenvalue weighted by Crippen LogP contribution is 2.46. The zero-order valence-corrected chi connectivity index (χ0v) is 12.3. The Morgan fingerprint density at radius 2 is 2.05 bits per heavy atom. The van der Waals surface area contributed by atoms with Crippen molar-refractivity contribution in [3.05, 3.63) is 47.5 Å². The van der Waals surface area contributed by atoms with E-state index >= 15 is 0 Å². The van der Waals surface area contributed by atoms with Crippen molar-refractivity contribution >= 4 is 11.9 Å². The zero-order chi connectivity index (χ0) is 15.7. The van der Waals surface area contributed by atoms with Crippen LogP contribution in [-0.4, -0.2) is 37.9 Å². The van der Waals surface area contributed by atoms with E-state index in [4.69, 9.17) is 18.6 Å². The number of furan rings is 1. The van der Waals surface area contributed by atoms with Gasteiger partial charge in [0, 0.05) is 6.42 Å². The average Bonchev–Trinajstić information content (AvgIpc) is 3.25. The summed E-state index contributed by atoms with van der Waals surface area (Å²) in [4.78, 5) is 24.2. The molecule has 1 aromatic heterocycles. The molecule has 0 radical (unpaired) electrons. The van der Waals surface area contributed by atoms with Crippen LogP contribution in [0.25, 0.3) is 0 Å². The van der Waals surface area contributed by atoms with Gasteiger partial charge in [0.05, 0.1) is 31.6 Å². The van der Waals surface area contributed by atoms with Gasteiger partial charge in [-0.05, 0) is 24.6 Å². The minimum absolute atomic E-state index is 0.219. The number of esters is 2. The first-order valence-corrected chi connectivity index (χ1v) is 6.92. The predicted octanol–water partition coefficient (Wildman–Crippen LogP) is 1.56. The molecular formula is C16H16O6. The lowest BCUT2D eigenvalue weighted by Crippen LogP contribution is -2.33. The third-order valence-corrected chi connectivity index (χ3v) is 3.97. The van der Waals surface area contributed by atoms with Crippen molar-refractivity contribution in [1.29, 1.82) is 0 Å². The van der Waals surface area contributed by atoms with Crippen LogP contribution in [0.5, 0.6) is 0 Å². The fraction of sp³-hybridized carbons (Fsp3) is 0.375. The van der Waals surface area contributed by atoms with E-state index in [0.717, 1.165) is 5.76 Å². The van der Waals surface area contributed by atoms with Crippen LogP contribution >= 0.6 is 0 Å². The Hall–Kier alpha value is -2.34. The van der Waals surface area contributed by atoms with Crippen LogP contribution in [0.3, 0.4) is 0 Å². The Bertz CT molecular complexity index is 654. The molecule has 0 saturated heterocycles. The van der Waals surface area contributed by atoms with Crippen LogP contribution in [0.15, 0.2) is 46.1 Å². The summed E-state index contributed by atoms with van der Waals surface area (Å²) in [5.74, 6) is -0.369. The van der Waals surface area contributed by atoms with Gasteiger partial charge in [-0.2, -0.15) is 0 Å². The van der Waals surface area contributed by atoms with Crippen LogP contribution in [0.1, 0.15) is 12.2 Å². The summed E-state index contributed by atoms with van der Waals surface area (Å²) >= 11 is 0. The van der Waals surface area contributed by atoms with Gasteiger partial charge in [0.2, 0.25) is 0 Å². The molecule has 2 aliphatic rings. The van der Waals surface area contributed by atoms with E-state index in [9.17, 15) is 9.59 Å². The molecule has 3 rings (SSSR count). The van der Waals surface area contributed by atoms with Crippen LogP contribution in [0.4, 0.5) is 0 Å². The first-order chi connectivity index (χ1) is 10.6. The van der Waals surface area contributed by atoms with Gasteiger partial charge in [0.1, 0.15) is 17.5 Å². The highest BCUT2D eigenvalue weighted by molar-refractivity contribution is 6.05. The molecule has 0 aromatic carbocycles. The largest absolute Gasteiger partial charge is 0.469 e. The summed E-state index contributed by atoms with van der Waals surface area (Å²) in [6.07, 6.45) is 5.63. The van der Waals surface area contributed by atoms with Crippen LogP contribution in [0, 0.1) is 0 Å². The number of rotatable bonds is 5. The van der Waals surface area contributed by atoms with E-state index < -0.39 is 23.6 Å². The fourth-order valence-electron chi connectivity index (χ4n) is 2.96. The average molecular weight is 304 g/mol. The van der Waals surface area contributed by atoms with E-state index in [1.807, 2.05) is 6.07 Å². The molecule has 2 aliphatic heterocycles. The first kappa shape index (κ1) is 14.6. The smallest absolute Gasteiger partial charge is 0.337 e. The second-order valence-corrected chi connectivity index (χ2v) is 5.14. The van der Waals surface area contributed by atoms with Crippen molar-refractivity contribution in [1.82, 2.24) is 0 Å². The van der Waals surface area contributed by atoms with E-state index in [0.29, 0.717) is 12.8 Å². The molecule has 1 aromatic rings. The quantitative estimate of drug-likeness (QED) is 0.607. The van der Waals surface area contributed by atoms with Gasteiger partial charge in [-0.15, -0.1) is 0 Å². The highest BCUT2D eigenvalue weighted by Gasteiger charge is 2.54. The molecule has 0 spiro atoms. The molecule has 2 bridgehead atoms. The third kappa shape index (κ3) is 2.16. The Balaban J connectivity index is 1.94. The van der Waals surface area contributed by atoms with Crippen molar-refractivity contribution in [3.8, 4) is 0 Å². The Morgan fingerprint density at radius 3 is 2.68 bits per heavy atom. The second-order valence-electron chi connectivity index (χ2n) is 5.14. The molecule has 116 valence electrons. The van der Waals surface area contributed by atoms with Gasteiger partial charge in [-0.25, -0.2) is 9.59 Å². The number of hydrogen-bond donors (Lipinski definition) is 0. The predicted molar refractivity (Wildman–Crippen MR) is 74.8 cm³/mol. The summed E-state index contributed by atoms with van der Waals surface area (Å²) < 4.78 is 20.8. The molecule has 6 heteroatoms. The maximum Gasteiger partial charge on any atom is 0.337 e. The van der Waals surface area contributed by atoms with Gasteiger partial charge in [-0.3, -0.25) is 0 Å². The summed E-state index contributed by atoms with van der Waals surface area (Å²) in [6.45, 7) is 0. The number of ether oxygens (including phenoxy) is 3. The minimum Gasteiger partial charge on any atom is -0.469 e. The fourth-order valence-corrected chi connectivity index (χ4v) is 2.96. The highest BCUT2D eigenvalue weighted by atomic mass is 16.6. The summed E-state index contributed by atoms with van der Waals surface area (Å²) in [7, 11) is 2.55. The normalized spacial score (nSPS) is 25.6. The van der Waals surface area contributed by atoms with Crippen LogP contribution < -0.4 is 0 Å². The Kier molecular flexibility index (Phi) is 3.62. The van der Waals surface area contributed by atoms with Crippen molar-refractivity contribution in [2.75, 3.05) is 14.2 Å². The maximum atomic E-state index is 12.2. The van der Waals surface area contributed by atoms with E-state index in [1.165, 1.54) is 14.2 Å². The van der Waals surface area contributed by atoms with Crippen LogP contribution in [-0.2, 0) is 30.2 Å². The number of methoxy groups -OCH3 is 2. The molecule has 6 nitrogen and oxygen atoms in total. The number of hydrogen-bond acceptors (Lipinski definition) is 6. The standard InChI is InChI=1S/C16H16O6/c1-19-14(17)12-11-6-8-16(22-11,13(12)15(18)20-2)7-5-10-4-3-9-21-10/h3-4,6,8-9,11H,5,7H2,1-2H3. The lowest BCUT2D eigenvalue weighted by Gasteiger charge is -2.25. The van der Waals surface area contributed by atoms with Gasteiger partial charge < -0.3 is 18.6 Å². The van der Waals surface area contributed by atoms with Gasteiger partial charge in [0.25, 0.3) is 0 Å². The maximum absolute atomic E-state index is 12.2. The van der Waals surface area contributed by atoms with Gasteiger partial charge in [0.15, 0.2) is 0 Å². The molecule has 0 N–H and O–H groups in total. The molecule has 0 aliphatic carbocycles. The summed E-state index contributed by atoms with van der Waals surface area (Å²) in [5.41, 5.74) is -0.522. The molecule has 22 heavy (non-hydrogen) atoms. The van der Waals surface area contributed by atoms with Crippen LogP contribution in [0.2, 0.25) is 0 Å². The molecule has 3 heterocycles. The number of aryl methyl sites for hydroxylation is 1. The molecule has 0 amide bonds. The lowest BCUT2D eigenvalue weighted by atomic mass is 9.83. The molecule has 0 saturated carbocycles. The zero-order valence-electron chi connectivity index (χ0n) is 12.3. The van der Waals surface area contributed by atoms with E-state index in [2.05, 4.69) is 0 Å². The molecule has 0 fully saturated rings. The van der Waals surface area contributed by atoms with Crippen molar-refractivity contribution in [3.63, 3.8) is 0 Å². The van der Waals surface area contributed by atoms with E-state index in [1.54, 1.807) is 24.5 Å². The minimum atomic E-state index is -0.964. The SMILES string of the molecule is COC(=O)C1=C(C(=O)OC)C2(CCc3ccco3)C=CC1O2. The molecule has 2 atom stereocenters. The number of fused-ring (bicyclic) bond motifs is 2. The van der Waals surface area contributed by atoms with Crippen molar-refractivity contribution < 1.29 is 28.2 Å². The van der Waals surface area contributed by atoms with Gasteiger partial charge >= 0.3 is 11.9 Å². The lowest BCUT2D eigenvalue weighted by molar-refractivity contribution is -0.139. The second kappa shape index (κ2) is 5.46. The first-order valence-electron chi connectivity index (χ1n) is 6.92. The number of carbonyl (C=O) groups excluding carboxylic acids is 2. The van der Waals surface area contributed by atoms with Gasteiger partial charge in [-0.1, -0.05) is 6.08 Å². The molecular weight excluding hydrogens is 288 g/mol.